The van der Waals surface area contributed by atoms with Gasteiger partial charge in [0, 0.05) is 17.1 Å². The quantitative estimate of drug-likeness (QED) is 0.530. The lowest BCUT2D eigenvalue weighted by Crippen LogP contribution is -2.43. The van der Waals surface area contributed by atoms with Crippen molar-refractivity contribution in [2.24, 2.45) is 0 Å². The smallest absolute Gasteiger partial charge is 0.267 e. The van der Waals surface area contributed by atoms with Crippen molar-refractivity contribution in [3.05, 3.63) is 69.4 Å². The normalized spacial score (nSPS) is 10.8. The molecule has 8 nitrogen and oxygen atoms in total. The van der Waals surface area contributed by atoms with Crippen LogP contribution < -0.4 is 16.4 Å². The number of halogens is 1. The van der Waals surface area contributed by atoms with Crippen molar-refractivity contribution in [3.63, 3.8) is 0 Å². The molecule has 2 aromatic heterocycles. The fourth-order valence-corrected chi connectivity index (χ4v) is 2.69. The zero-order chi connectivity index (χ0) is 19.6. The summed E-state index contributed by atoms with van der Waals surface area (Å²) >= 11 is 5.75. The third-order valence-corrected chi connectivity index (χ3v) is 4.02. The van der Waals surface area contributed by atoms with Crippen LogP contribution in [-0.4, -0.2) is 26.6 Å². The van der Waals surface area contributed by atoms with E-state index in [-0.39, 0.29) is 28.0 Å². The molecular formula is C18H16ClN5O3. The first-order valence-corrected chi connectivity index (χ1v) is 8.50. The minimum Gasteiger partial charge on any atom is -0.267 e. The number of aromatic nitrogens is 3. The number of amides is 2. The Morgan fingerprint density at radius 3 is 2.41 bits per heavy atom. The van der Waals surface area contributed by atoms with E-state index in [1.807, 2.05) is 0 Å². The van der Waals surface area contributed by atoms with Gasteiger partial charge >= 0.3 is 0 Å². The van der Waals surface area contributed by atoms with E-state index in [0.29, 0.717) is 10.8 Å². The SMILES string of the molecule is CC(C)n1nc(C(=O)NNC(=O)c2ccnc(Cl)c2)c2ccccc2c1=O. The number of carbonyl (C=O) groups excluding carboxylic acids is 2. The summed E-state index contributed by atoms with van der Waals surface area (Å²) in [6.45, 7) is 3.58. The van der Waals surface area contributed by atoms with Crippen molar-refractivity contribution in [1.29, 1.82) is 0 Å². The molecule has 3 aromatic rings. The second-order valence-corrected chi connectivity index (χ2v) is 6.40. The van der Waals surface area contributed by atoms with Crippen molar-refractivity contribution in [2.75, 3.05) is 0 Å². The average molecular weight is 386 g/mol. The Morgan fingerprint density at radius 1 is 1.07 bits per heavy atom. The predicted octanol–water partition coefficient (Wildman–Crippen LogP) is 2.10. The second kappa shape index (κ2) is 7.55. The van der Waals surface area contributed by atoms with Gasteiger partial charge in [-0.25, -0.2) is 9.67 Å². The number of rotatable bonds is 3. The number of hydrogen-bond acceptors (Lipinski definition) is 5. The number of hydrogen-bond donors (Lipinski definition) is 2. The first-order chi connectivity index (χ1) is 12.9. The Hall–Kier alpha value is -3.26. The van der Waals surface area contributed by atoms with Gasteiger partial charge in [0.2, 0.25) is 0 Å². The van der Waals surface area contributed by atoms with E-state index in [1.54, 1.807) is 38.1 Å². The largest absolute Gasteiger partial charge is 0.290 e. The lowest BCUT2D eigenvalue weighted by Gasteiger charge is -2.13. The van der Waals surface area contributed by atoms with E-state index < -0.39 is 11.8 Å². The maximum atomic E-state index is 12.6. The molecule has 27 heavy (non-hydrogen) atoms. The van der Waals surface area contributed by atoms with Gasteiger partial charge < -0.3 is 0 Å². The number of hydrazine groups is 1. The summed E-state index contributed by atoms with van der Waals surface area (Å²) in [4.78, 5) is 41.0. The number of pyridine rings is 1. The fraction of sp³-hybridized carbons (Fsp3) is 0.167. The Labute approximate surface area is 159 Å². The third kappa shape index (κ3) is 3.80. The molecule has 0 spiro atoms. The van der Waals surface area contributed by atoms with E-state index in [9.17, 15) is 14.4 Å². The molecule has 0 atom stereocenters. The van der Waals surface area contributed by atoms with Crippen LogP contribution in [0, 0.1) is 0 Å². The standard InChI is InChI=1S/C18H16ClN5O3/c1-10(2)24-18(27)13-6-4-3-5-12(13)15(23-24)17(26)22-21-16(25)11-7-8-20-14(19)9-11/h3-10H,1-2H3,(H,21,25)(H,22,26). The van der Waals surface area contributed by atoms with Crippen LogP contribution in [-0.2, 0) is 0 Å². The number of fused-ring (bicyclic) bond motifs is 1. The molecule has 9 heteroatoms. The highest BCUT2D eigenvalue weighted by atomic mass is 35.5. The molecule has 0 saturated carbocycles. The van der Waals surface area contributed by atoms with E-state index >= 15 is 0 Å². The van der Waals surface area contributed by atoms with Gasteiger partial charge in [-0.2, -0.15) is 5.10 Å². The molecule has 0 saturated heterocycles. The summed E-state index contributed by atoms with van der Waals surface area (Å²) in [5.74, 6) is -1.21. The van der Waals surface area contributed by atoms with Crippen LogP contribution >= 0.6 is 11.6 Å². The highest BCUT2D eigenvalue weighted by Gasteiger charge is 2.18. The maximum absolute atomic E-state index is 12.6. The third-order valence-electron chi connectivity index (χ3n) is 3.81. The summed E-state index contributed by atoms with van der Waals surface area (Å²) < 4.78 is 1.24. The molecular weight excluding hydrogens is 370 g/mol. The fourth-order valence-electron chi connectivity index (χ4n) is 2.51. The summed E-state index contributed by atoms with van der Waals surface area (Å²) in [5, 5.41) is 5.11. The molecule has 0 aliphatic carbocycles. The first kappa shape index (κ1) is 18.5. The number of benzene rings is 1. The van der Waals surface area contributed by atoms with Gasteiger partial charge in [-0.3, -0.25) is 25.2 Å². The highest BCUT2D eigenvalue weighted by Crippen LogP contribution is 2.14. The number of nitrogens with one attached hydrogen (secondary N) is 2. The summed E-state index contributed by atoms with van der Waals surface area (Å²) in [7, 11) is 0. The van der Waals surface area contributed by atoms with Crippen molar-refractivity contribution in [1.82, 2.24) is 25.6 Å². The average Bonchev–Trinajstić information content (AvgIpc) is 2.66. The van der Waals surface area contributed by atoms with Crippen molar-refractivity contribution >= 4 is 34.2 Å². The van der Waals surface area contributed by atoms with Crippen LogP contribution in [0.5, 0.6) is 0 Å². The number of carbonyl (C=O) groups is 2. The molecule has 2 N–H and O–H groups in total. The Kier molecular flexibility index (Phi) is 5.18. The molecule has 138 valence electrons. The van der Waals surface area contributed by atoms with Crippen LogP contribution in [0.2, 0.25) is 5.15 Å². The van der Waals surface area contributed by atoms with Crippen LogP contribution in [0.15, 0.2) is 47.4 Å². The summed E-state index contributed by atoms with van der Waals surface area (Å²) in [5.41, 5.74) is 4.60. The maximum Gasteiger partial charge on any atom is 0.290 e. The van der Waals surface area contributed by atoms with Crippen molar-refractivity contribution in [3.8, 4) is 0 Å². The zero-order valence-corrected chi connectivity index (χ0v) is 15.3. The molecule has 1 aromatic carbocycles. The van der Waals surface area contributed by atoms with Gasteiger partial charge in [-0.15, -0.1) is 0 Å². The van der Waals surface area contributed by atoms with Crippen LogP contribution in [0.4, 0.5) is 0 Å². The van der Waals surface area contributed by atoms with E-state index in [1.165, 1.54) is 23.0 Å². The van der Waals surface area contributed by atoms with Gasteiger partial charge in [0.25, 0.3) is 17.4 Å². The van der Waals surface area contributed by atoms with Crippen molar-refractivity contribution < 1.29 is 9.59 Å². The molecule has 2 amide bonds. The minimum atomic E-state index is -0.644. The molecule has 0 bridgehead atoms. The minimum absolute atomic E-state index is 0.0342. The van der Waals surface area contributed by atoms with Crippen LogP contribution in [0.3, 0.4) is 0 Å². The molecule has 0 radical (unpaired) electrons. The highest BCUT2D eigenvalue weighted by molar-refractivity contribution is 6.29. The molecule has 0 aliphatic rings. The van der Waals surface area contributed by atoms with E-state index in [4.69, 9.17) is 11.6 Å². The van der Waals surface area contributed by atoms with E-state index in [2.05, 4.69) is 20.9 Å². The lowest BCUT2D eigenvalue weighted by molar-refractivity contribution is 0.0843. The zero-order valence-electron chi connectivity index (χ0n) is 14.6. The molecule has 3 rings (SSSR count). The van der Waals surface area contributed by atoms with Gasteiger partial charge in [-0.05, 0) is 32.0 Å². The van der Waals surface area contributed by atoms with Crippen LogP contribution in [0.1, 0.15) is 40.7 Å². The Balaban J connectivity index is 1.90. The van der Waals surface area contributed by atoms with Gasteiger partial charge in [-0.1, -0.05) is 29.8 Å². The summed E-state index contributed by atoms with van der Waals surface area (Å²) in [6, 6.07) is 9.28. The Morgan fingerprint density at radius 2 is 1.74 bits per heavy atom. The summed E-state index contributed by atoms with van der Waals surface area (Å²) in [6.07, 6.45) is 1.38. The first-order valence-electron chi connectivity index (χ1n) is 8.12. The second-order valence-electron chi connectivity index (χ2n) is 6.01. The predicted molar refractivity (Wildman–Crippen MR) is 101 cm³/mol. The van der Waals surface area contributed by atoms with Crippen molar-refractivity contribution in [2.45, 2.75) is 19.9 Å². The monoisotopic (exact) mass is 385 g/mol. The molecule has 2 heterocycles. The molecule has 0 unspecified atom stereocenters. The van der Waals surface area contributed by atoms with E-state index in [0.717, 1.165) is 0 Å². The lowest BCUT2D eigenvalue weighted by atomic mass is 10.1. The van der Waals surface area contributed by atoms with Gasteiger partial charge in [0.15, 0.2) is 5.69 Å². The Bertz CT molecular complexity index is 1090. The topological polar surface area (TPSA) is 106 Å². The van der Waals surface area contributed by atoms with Gasteiger partial charge in [0.05, 0.1) is 11.4 Å². The number of nitrogens with zero attached hydrogens (tertiary/aromatic N) is 3. The van der Waals surface area contributed by atoms with Gasteiger partial charge in [0.1, 0.15) is 5.15 Å². The molecule has 0 fully saturated rings. The molecule has 0 aliphatic heterocycles. The van der Waals surface area contributed by atoms with Crippen LogP contribution in [0.25, 0.3) is 10.8 Å².